The van der Waals surface area contributed by atoms with E-state index in [1.165, 1.54) is 6.26 Å². The van der Waals surface area contributed by atoms with Gasteiger partial charge in [-0.15, -0.1) is 0 Å². The van der Waals surface area contributed by atoms with Crippen molar-refractivity contribution in [1.82, 2.24) is 5.32 Å². The van der Waals surface area contributed by atoms with E-state index in [4.69, 9.17) is 4.42 Å². The SMILES string of the molecule is C[C@@H](NCCC(F)(F)F)c1ccco1. The molecule has 1 atom stereocenters. The van der Waals surface area contributed by atoms with E-state index in [1.54, 1.807) is 19.1 Å². The standard InChI is InChI=1S/C9H12F3NO/c1-7(8-3-2-6-14-8)13-5-4-9(10,11)12/h2-3,6-7,13H,4-5H2,1H3/t7-/m1/s1. The van der Waals surface area contributed by atoms with Crippen molar-refractivity contribution >= 4 is 0 Å². The lowest BCUT2D eigenvalue weighted by atomic mass is 10.2. The second-order valence-corrected chi connectivity index (χ2v) is 3.06. The number of furan rings is 1. The maximum atomic E-state index is 11.8. The van der Waals surface area contributed by atoms with Crippen molar-refractivity contribution in [1.29, 1.82) is 0 Å². The zero-order valence-electron chi connectivity index (χ0n) is 7.77. The summed E-state index contributed by atoms with van der Waals surface area (Å²) in [6.45, 7) is 1.67. The van der Waals surface area contributed by atoms with Crippen LogP contribution in [0.1, 0.15) is 25.1 Å². The van der Waals surface area contributed by atoms with E-state index >= 15 is 0 Å². The molecule has 14 heavy (non-hydrogen) atoms. The van der Waals surface area contributed by atoms with Gasteiger partial charge in [0, 0.05) is 6.54 Å². The number of alkyl halides is 3. The lowest BCUT2D eigenvalue weighted by Gasteiger charge is -2.12. The summed E-state index contributed by atoms with van der Waals surface area (Å²) in [4.78, 5) is 0. The Hall–Kier alpha value is -0.970. The topological polar surface area (TPSA) is 25.2 Å². The molecule has 0 amide bonds. The minimum atomic E-state index is -4.10. The largest absolute Gasteiger partial charge is 0.468 e. The van der Waals surface area contributed by atoms with Gasteiger partial charge >= 0.3 is 6.18 Å². The van der Waals surface area contributed by atoms with E-state index in [1.807, 2.05) is 0 Å². The summed E-state index contributed by atoms with van der Waals surface area (Å²) in [5.74, 6) is 0.646. The second kappa shape index (κ2) is 4.50. The molecule has 1 rings (SSSR count). The van der Waals surface area contributed by atoms with Gasteiger partial charge in [-0.2, -0.15) is 13.2 Å². The molecular formula is C9H12F3NO. The Balaban J connectivity index is 2.26. The van der Waals surface area contributed by atoms with E-state index in [0.29, 0.717) is 5.76 Å². The van der Waals surface area contributed by atoms with Crippen molar-refractivity contribution in [3.8, 4) is 0 Å². The van der Waals surface area contributed by atoms with Gasteiger partial charge in [0.05, 0.1) is 18.7 Å². The number of rotatable bonds is 4. The van der Waals surface area contributed by atoms with Gasteiger partial charge in [-0.1, -0.05) is 0 Å². The van der Waals surface area contributed by atoms with E-state index < -0.39 is 12.6 Å². The van der Waals surface area contributed by atoms with E-state index in [-0.39, 0.29) is 12.6 Å². The highest BCUT2D eigenvalue weighted by molar-refractivity contribution is 5.02. The molecule has 1 aromatic rings. The Morgan fingerprint density at radius 3 is 2.71 bits per heavy atom. The van der Waals surface area contributed by atoms with Gasteiger partial charge in [0.1, 0.15) is 5.76 Å². The quantitative estimate of drug-likeness (QED) is 0.821. The van der Waals surface area contributed by atoms with Crippen molar-refractivity contribution in [2.24, 2.45) is 0 Å². The fraction of sp³-hybridized carbons (Fsp3) is 0.556. The maximum Gasteiger partial charge on any atom is 0.390 e. The molecule has 80 valence electrons. The van der Waals surface area contributed by atoms with Crippen molar-refractivity contribution in [2.75, 3.05) is 6.54 Å². The van der Waals surface area contributed by atoms with Crippen LogP contribution in [-0.4, -0.2) is 12.7 Å². The van der Waals surface area contributed by atoms with Gasteiger partial charge in [-0.05, 0) is 19.1 Å². The van der Waals surface area contributed by atoms with Gasteiger partial charge in [0.15, 0.2) is 0 Å². The van der Waals surface area contributed by atoms with Gasteiger partial charge in [0.2, 0.25) is 0 Å². The summed E-state index contributed by atoms with van der Waals surface area (Å²) in [6.07, 6.45) is -3.43. The highest BCUT2D eigenvalue weighted by Crippen LogP contribution is 2.19. The molecule has 0 radical (unpaired) electrons. The molecule has 2 nitrogen and oxygen atoms in total. The smallest absolute Gasteiger partial charge is 0.390 e. The third-order valence-corrected chi connectivity index (χ3v) is 1.83. The van der Waals surface area contributed by atoms with Gasteiger partial charge in [-0.3, -0.25) is 0 Å². The molecule has 0 saturated carbocycles. The second-order valence-electron chi connectivity index (χ2n) is 3.06. The Labute approximate surface area is 80.1 Å². The number of halogens is 3. The zero-order valence-corrected chi connectivity index (χ0v) is 7.77. The minimum Gasteiger partial charge on any atom is -0.468 e. The molecule has 1 N–H and O–H groups in total. The van der Waals surface area contributed by atoms with Gasteiger partial charge in [0.25, 0.3) is 0 Å². The summed E-state index contributed by atoms with van der Waals surface area (Å²) in [5, 5.41) is 2.73. The summed E-state index contributed by atoms with van der Waals surface area (Å²) >= 11 is 0. The molecule has 0 bridgehead atoms. The van der Waals surface area contributed by atoms with Crippen LogP contribution in [0.5, 0.6) is 0 Å². The predicted molar refractivity (Wildman–Crippen MR) is 45.8 cm³/mol. The first-order valence-corrected chi connectivity index (χ1v) is 4.32. The third-order valence-electron chi connectivity index (χ3n) is 1.83. The minimum absolute atomic E-state index is 0.0919. The molecule has 0 aliphatic carbocycles. The lowest BCUT2D eigenvalue weighted by molar-refractivity contribution is -0.133. The summed E-state index contributed by atoms with van der Waals surface area (Å²) in [7, 11) is 0. The predicted octanol–water partition coefficient (Wildman–Crippen LogP) is 2.88. The first-order chi connectivity index (χ1) is 6.49. The Kier molecular flexibility index (Phi) is 3.57. The van der Waals surface area contributed by atoms with Crippen molar-refractivity contribution < 1.29 is 17.6 Å². The average Bonchev–Trinajstić information content (AvgIpc) is 2.53. The van der Waals surface area contributed by atoms with Crippen molar-refractivity contribution in [2.45, 2.75) is 25.6 Å². The van der Waals surface area contributed by atoms with Crippen LogP contribution in [-0.2, 0) is 0 Å². The molecule has 0 spiro atoms. The van der Waals surface area contributed by atoms with Crippen LogP contribution in [0.2, 0.25) is 0 Å². The molecule has 0 fully saturated rings. The fourth-order valence-electron chi connectivity index (χ4n) is 1.07. The van der Waals surface area contributed by atoms with Gasteiger partial charge in [-0.25, -0.2) is 0 Å². The summed E-state index contributed by atoms with van der Waals surface area (Å²) in [5.41, 5.74) is 0. The van der Waals surface area contributed by atoms with Crippen LogP contribution in [0.15, 0.2) is 22.8 Å². The zero-order chi connectivity index (χ0) is 10.6. The van der Waals surface area contributed by atoms with Crippen molar-refractivity contribution in [3.05, 3.63) is 24.2 Å². The molecule has 0 unspecified atom stereocenters. The van der Waals surface area contributed by atoms with Crippen LogP contribution >= 0.6 is 0 Å². The third kappa shape index (κ3) is 3.83. The van der Waals surface area contributed by atoms with E-state index in [2.05, 4.69) is 5.32 Å². The first kappa shape index (κ1) is 11.1. The Bertz CT molecular complexity index is 256. The molecular weight excluding hydrogens is 195 g/mol. The molecule has 0 aliphatic rings. The normalized spacial score (nSPS) is 14.3. The van der Waals surface area contributed by atoms with Crippen LogP contribution in [0.25, 0.3) is 0 Å². The van der Waals surface area contributed by atoms with Crippen LogP contribution in [0.4, 0.5) is 13.2 Å². The molecule has 1 heterocycles. The molecule has 5 heteroatoms. The molecule has 0 saturated heterocycles. The highest BCUT2D eigenvalue weighted by atomic mass is 19.4. The van der Waals surface area contributed by atoms with Crippen LogP contribution in [0.3, 0.4) is 0 Å². The van der Waals surface area contributed by atoms with Gasteiger partial charge < -0.3 is 9.73 Å². The Morgan fingerprint density at radius 1 is 1.50 bits per heavy atom. The summed E-state index contributed by atoms with van der Waals surface area (Å²) < 4.78 is 40.4. The van der Waals surface area contributed by atoms with Crippen LogP contribution in [0, 0.1) is 0 Å². The average molecular weight is 207 g/mol. The number of nitrogens with one attached hydrogen (secondary N) is 1. The number of hydrogen-bond acceptors (Lipinski definition) is 2. The summed E-state index contributed by atoms with van der Waals surface area (Å²) in [6, 6.07) is 3.25. The maximum absolute atomic E-state index is 11.8. The highest BCUT2D eigenvalue weighted by Gasteiger charge is 2.26. The first-order valence-electron chi connectivity index (χ1n) is 4.32. The lowest BCUT2D eigenvalue weighted by Crippen LogP contribution is -2.24. The monoisotopic (exact) mass is 207 g/mol. The number of hydrogen-bond donors (Lipinski definition) is 1. The molecule has 0 aromatic carbocycles. The Morgan fingerprint density at radius 2 is 2.21 bits per heavy atom. The van der Waals surface area contributed by atoms with E-state index in [0.717, 1.165) is 0 Å². The van der Waals surface area contributed by atoms with Crippen LogP contribution < -0.4 is 5.32 Å². The molecule has 1 aromatic heterocycles. The molecule has 0 aliphatic heterocycles. The van der Waals surface area contributed by atoms with Crippen molar-refractivity contribution in [3.63, 3.8) is 0 Å². The van der Waals surface area contributed by atoms with E-state index in [9.17, 15) is 13.2 Å². The fourth-order valence-corrected chi connectivity index (χ4v) is 1.07.